The zero-order chi connectivity index (χ0) is 21.7. The van der Waals surface area contributed by atoms with Crippen LogP contribution in [0.1, 0.15) is 10.6 Å². The SMILES string of the molecule is COc1ccc(-c2csc(C(C#N)=CNc3cccc(C(F)(F)F)c3)n2)cc1OC. The Balaban J connectivity index is 1.84. The van der Waals surface area contributed by atoms with Gasteiger partial charge in [-0.1, -0.05) is 6.07 Å². The molecule has 0 amide bonds. The van der Waals surface area contributed by atoms with E-state index in [1.807, 2.05) is 12.1 Å². The zero-order valence-electron chi connectivity index (χ0n) is 15.9. The molecule has 5 nitrogen and oxygen atoms in total. The molecule has 0 saturated carbocycles. The van der Waals surface area contributed by atoms with Crippen molar-refractivity contribution in [1.82, 2.24) is 4.98 Å². The summed E-state index contributed by atoms with van der Waals surface area (Å²) in [7, 11) is 3.07. The van der Waals surface area contributed by atoms with Gasteiger partial charge in [-0.2, -0.15) is 18.4 Å². The van der Waals surface area contributed by atoms with Crippen molar-refractivity contribution < 1.29 is 22.6 Å². The Morgan fingerprint density at radius 1 is 1.13 bits per heavy atom. The molecule has 0 saturated heterocycles. The lowest BCUT2D eigenvalue weighted by atomic mass is 10.1. The maximum absolute atomic E-state index is 12.8. The van der Waals surface area contributed by atoms with E-state index in [-0.39, 0.29) is 11.3 Å². The normalized spacial score (nSPS) is 11.7. The van der Waals surface area contributed by atoms with E-state index in [4.69, 9.17) is 9.47 Å². The first-order chi connectivity index (χ1) is 14.4. The first-order valence-electron chi connectivity index (χ1n) is 8.58. The van der Waals surface area contributed by atoms with Gasteiger partial charge in [0.15, 0.2) is 11.5 Å². The number of hydrogen-bond donors (Lipinski definition) is 1. The summed E-state index contributed by atoms with van der Waals surface area (Å²) >= 11 is 1.25. The molecule has 0 fully saturated rings. The van der Waals surface area contributed by atoms with Crippen LogP contribution in [0, 0.1) is 11.3 Å². The molecule has 3 rings (SSSR count). The summed E-state index contributed by atoms with van der Waals surface area (Å²) in [6.07, 6.45) is -3.10. The van der Waals surface area contributed by atoms with Gasteiger partial charge in [-0.05, 0) is 36.4 Å². The smallest absolute Gasteiger partial charge is 0.416 e. The summed E-state index contributed by atoms with van der Waals surface area (Å²) in [5.74, 6) is 1.13. The van der Waals surface area contributed by atoms with E-state index < -0.39 is 11.7 Å². The maximum atomic E-state index is 12.8. The number of allylic oxidation sites excluding steroid dienone is 1. The minimum absolute atomic E-state index is 0.198. The van der Waals surface area contributed by atoms with Gasteiger partial charge in [0, 0.05) is 22.8 Å². The first kappa shape index (κ1) is 21.2. The lowest BCUT2D eigenvalue weighted by molar-refractivity contribution is -0.137. The molecule has 1 heterocycles. The van der Waals surface area contributed by atoms with E-state index in [0.717, 1.165) is 17.7 Å². The van der Waals surface area contributed by atoms with Crippen LogP contribution in [0.5, 0.6) is 11.5 Å². The Kier molecular flexibility index (Phi) is 6.28. The van der Waals surface area contributed by atoms with Crippen LogP contribution in [0.4, 0.5) is 18.9 Å². The van der Waals surface area contributed by atoms with E-state index in [1.54, 1.807) is 24.6 Å². The van der Waals surface area contributed by atoms with Crippen LogP contribution in [0.2, 0.25) is 0 Å². The van der Waals surface area contributed by atoms with Crippen molar-refractivity contribution in [3.8, 4) is 28.8 Å². The fraction of sp³-hybridized carbons (Fsp3) is 0.143. The molecule has 0 aliphatic carbocycles. The number of aromatic nitrogens is 1. The highest BCUT2D eigenvalue weighted by molar-refractivity contribution is 7.11. The fourth-order valence-corrected chi connectivity index (χ4v) is 3.40. The van der Waals surface area contributed by atoms with E-state index in [1.165, 1.54) is 36.8 Å². The molecule has 2 aromatic carbocycles. The van der Waals surface area contributed by atoms with Crippen molar-refractivity contribution >= 4 is 22.6 Å². The summed E-state index contributed by atoms with van der Waals surface area (Å²) in [6, 6.07) is 12.1. The number of benzene rings is 2. The van der Waals surface area contributed by atoms with Crippen LogP contribution < -0.4 is 14.8 Å². The average Bonchev–Trinajstić information content (AvgIpc) is 3.23. The molecule has 0 bridgehead atoms. The third kappa shape index (κ3) is 4.72. The molecule has 0 spiro atoms. The van der Waals surface area contributed by atoms with Gasteiger partial charge in [0.05, 0.1) is 25.5 Å². The van der Waals surface area contributed by atoms with Crippen LogP contribution in [0.3, 0.4) is 0 Å². The summed E-state index contributed by atoms with van der Waals surface area (Å²) in [5, 5.41) is 14.4. The lowest BCUT2D eigenvalue weighted by Crippen LogP contribution is -2.05. The zero-order valence-corrected chi connectivity index (χ0v) is 16.8. The largest absolute Gasteiger partial charge is 0.493 e. The number of hydrogen-bond acceptors (Lipinski definition) is 6. The highest BCUT2D eigenvalue weighted by Gasteiger charge is 2.30. The minimum atomic E-state index is -4.44. The van der Waals surface area contributed by atoms with Crippen LogP contribution in [0.15, 0.2) is 54.0 Å². The molecule has 154 valence electrons. The Bertz CT molecular complexity index is 1120. The molecule has 30 heavy (non-hydrogen) atoms. The Morgan fingerprint density at radius 2 is 1.90 bits per heavy atom. The number of halogens is 3. The quantitative estimate of drug-likeness (QED) is 0.498. The second-order valence-corrected chi connectivity index (χ2v) is 6.86. The van der Waals surface area contributed by atoms with Gasteiger partial charge in [-0.15, -0.1) is 11.3 Å². The average molecular weight is 431 g/mol. The Labute approximate surface area is 175 Å². The van der Waals surface area contributed by atoms with Gasteiger partial charge in [0.25, 0.3) is 0 Å². The van der Waals surface area contributed by atoms with Crippen molar-refractivity contribution in [3.05, 3.63) is 64.6 Å². The second-order valence-electron chi connectivity index (χ2n) is 6.00. The third-order valence-corrected chi connectivity index (χ3v) is 4.98. The van der Waals surface area contributed by atoms with Crippen LogP contribution in [0.25, 0.3) is 16.8 Å². The molecule has 0 aliphatic heterocycles. The van der Waals surface area contributed by atoms with E-state index in [0.29, 0.717) is 22.2 Å². The molecular weight excluding hydrogens is 415 g/mol. The molecule has 1 N–H and O–H groups in total. The summed E-state index contributed by atoms with van der Waals surface area (Å²) in [6.45, 7) is 0. The fourth-order valence-electron chi connectivity index (χ4n) is 2.61. The number of rotatable bonds is 6. The molecule has 0 unspecified atom stereocenters. The number of nitrogens with one attached hydrogen (secondary N) is 1. The number of nitriles is 1. The van der Waals surface area contributed by atoms with Crippen LogP contribution >= 0.6 is 11.3 Å². The van der Waals surface area contributed by atoms with Gasteiger partial charge in [-0.25, -0.2) is 4.98 Å². The molecule has 1 aromatic heterocycles. The summed E-state index contributed by atoms with van der Waals surface area (Å²) in [5.41, 5.74) is 1.05. The molecule has 0 radical (unpaired) electrons. The first-order valence-corrected chi connectivity index (χ1v) is 9.46. The number of alkyl halides is 3. The number of nitrogens with zero attached hydrogens (tertiary/aromatic N) is 2. The Hall–Kier alpha value is -3.51. The maximum Gasteiger partial charge on any atom is 0.416 e. The monoisotopic (exact) mass is 431 g/mol. The number of anilines is 1. The van der Waals surface area contributed by atoms with E-state index in [9.17, 15) is 18.4 Å². The molecule has 0 atom stereocenters. The van der Waals surface area contributed by atoms with Crippen LogP contribution in [-0.4, -0.2) is 19.2 Å². The van der Waals surface area contributed by atoms with Gasteiger partial charge in [-0.3, -0.25) is 0 Å². The van der Waals surface area contributed by atoms with E-state index in [2.05, 4.69) is 10.3 Å². The van der Waals surface area contributed by atoms with E-state index >= 15 is 0 Å². The van der Waals surface area contributed by atoms with Crippen molar-refractivity contribution in [2.24, 2.45) is 0 Å². The predicted octanol–water partition coefficient (Wildman–Crippen LogP) is 5.82. The second kappa shape index (κ2) is 8.88. The highest BCUT2D eigenvalue weighted by atomic mass is 32.1. The van der Waals surface area contributed by atoms with Gasteiger partial charge in [0.2, 0.25) is 0 Å². The standard InChI is InChI=1S/C21H16F3N3O2S/c1-28-18-7-6-13(8-19(18)29-2)17-12-30-20(27-17)14(10-25)11-26-16-5-3-4-15(9-16)21(22,23)24/h3-9,11-12,26H,1-2H3. The predicted molar refractivity (Wildman–Crippen MR) is 109 cm³/mol. The summed E-state index contributed by atoms with van der Waals surface area (Å²) in [4.78, 5) is 4.46. The number of methoxy groups -OCH3 is 2. The molecular formula is C21H16F3N3O2S. The number of thiazole rings is 1. The Morgan fingerprint density at radius 3 is 2.57 bits per heavy atom. The molecule has 0 aliphatic rings. The van der Waals surface area contributed by atoms with Crippen molar-refractivity contribution in [3.63, 3.8) is 0 Å². The van der Waals surface area contributed by atoms with Crippen molar-refractivity contribution in [2.45, 2.75) is 6.18 Å². The highest BCUT2D eigenvalue weighted by Crippen LogP contribution is 2.34. The molecule has 3 aromatic rings. The van der Waals surface area contributed by atoms with Gasteiger partial charge < -0.3 is 14.8 Å². The van der Waals surface area contributed by atoms with Crippen molar-refractivity contribution in [1.29, 1.82) is 5.26 Å². The van der Waals surface area contributed by atoms with Gasteiger partial charge in [0.1, 0.15) is 16.6 Å². The third-order valence-electron chi connectivity index (χ3n) is 4.11. The lowest BCUT2D eigenvalue weighted by Gasteiger charge is -2.08. The van der Waals surface area contributed by atoms with Gasteiger partial charge >= 0.3 is 6.18 Å². The number of ether oxygens (including phenoxy) is 2. The van der Waals surface area contributed by atoms with Crippen LogP contribution in [-0.2, 0) is 6.18 Å². The van der Waals surface area contributed by atoms with Crippen molar-refractivity contribution in [2.75, 3.05) is 19.5 Å². The topological polar surface area (TPSA) is 67.2 Å². The molecule has 9 heteroatoms. The summed E-state index contributed by atoms with van der Waals surface area (Å²) < 4.78 is 49.0. The minimum Gasteiger partial charge on any atom is -0.493 e.